The van der Waals surface area contributed by atoms with Gasteiger partial charge in [-0.05, 0) is 12.6 Å². The second-order valence-corrected chi connectivity index (χ2v) is 7.67. The predicted molar refractivity (Wildman–Crippen MR) is 112 cm³/mol. The van der Waals surface area contributed by atoms with E-state index < -0.39 is 0 Å². The highest BCUT2D eigenvalue weighted by atomic mass is 15.1. The molecule has 24 heavy (non-hydrogen) atoms. The van der Waals surface area contributed by atoms with Crippen LogP contribution < -0.4 is 0 Å². The second kappa shape index (κ2) is 20.6. The zero-order chi connectivity index (χ0) is 17.7. The highest BCUT2D eigenvalue weighted by molar-refractivity contribution is 4.65. The van der Waals surface area contributed by atoms with Gasteiger partial charge in [-0.15, -0.1) is 0 Å². The van der Waals surface area contributed by atoms with Crippen LogP contribution in [0.2, 0.25) is 0 Å². The van der Waals surface area contributed by atoms with Crippen molar-refractivity contribution in [1.29, 1.82) is 0 Å². The van der Waals surface area contributed by atoms with E-state index in [1.165, 1.54) is 122 Å². The third-order valence-corrected chi connectivity index (χ3v) is 5.18. The topological polar surface area (TPSA) is 3.24 Å². The molecule has 0 aliphatic carbocycles. The van der Waals surface area contributed by atoms with Crippen molar-refractivity contribution in [2.45, 2.75) is 122 Å². The van der Waals surface area contributed by atoms with Crippen LogP contribution in [0.4, 0.5) is 0 Å². The molecule has 0 atom stereocenters. The Morgan fingerprint density at radius 2 is 0.833 bits per heavy atom. The van der Waals surface area contributed by atoms with E-state index >= 15 is 0 Å². The Morgan fingerprint density at radius 3 is 1.12 bits per heavy atom. The number of hydrogen-bond donors (Lipinski definition) is 0. The Kier molecular flexibility index (Phi) is 20.2. The van der Waals surface area contributed by atoms with E-state index in [0.29, 0.717) is 0 Å². The lowest BCUT2D eigenvalue weighted by atomic mass is 10.0. The largest absolute Gasteiger partial charge is 0.381 e. The minimum Gasteiger partial charge on any atom is -0.381 e. The summed E-state index contributed by atoms with van der Waals surface area (Å²) in [6.45, 7) is 7.25. The van der Waals surface area contributed by atoms with Crippen molar-refractivity contribution in [3.8, 4) is 0 Å². The molecule has 0 N–H and O–H groups in total. The summed E-state index contributed by atoms with van der Waals surface area (Å²) < 4.78 is 0. The molecule has 0 aromatic carbocycles. The molecule has 0 aliphatic rings. The average molecular weight is 338 g/mol. The van der Waals surface area contributed by atoms with Gasteiger partial charge in [0.2, 0.25) is 0 Å². The first-order valence-corrected chi connectivity index (χ1v) is 11.1. The molecule has 0 aromatic rings. The van der Waals surface area contributed by atoms with Crippen LogP contribution in [0.1, 0.15) is 122 Å². The molecular formula is C23H47N. The summed E-state index contributed by atoms with van der Waals surface area (Å²) in [5, 5.41) is 0. The fraction of sp³-hybridized carbons (Fsp3) is 0.913. The van der Waals surface area contributed by atoms with Crippen LogP contribution in [0.5, 0.6) is 0 Å². The molecule has 0 saturated heterocycles. The molecule has 1 heteroatoms. The van der Waals surface area contributed by atoms with Gasteiger partial charge in [0.15, 0.2) is 0 Å². The molecular weight excluding hydrogens is 290 g/mol. The zero-order valence-electron chi connectivity index (χ0n) is 17.2. The van der Waals surface area contributed by atoms with E-state index in [1.807, 2.05) is 6.20 Å². The average Bonchev–Trinajstić information content (AvgIpc) is 2.60. The van der Waals surface area contributed by atoms with E-state index in [1.54, 1.807) is 0 Å². The van der Waals surface area contributed by atoms with Crippen molar-refractivity contribution in [3.05, 3.63) is 12.8 Å². The van der Waals surface area contributed by atoms with Crippen LogP contribution in [0, 0.1) is 0 Å². The van der Waals surface area contributed by atoms with Gasteiger partial charge in [0, 0.05) is 13.6 Å². The summed E-state index contributed by atoms with van der Waals surface area (Å²) in [6, 6.07) is 0. The van der Waals surface area contributed by atoms with Crippen molar-refractivity contribution < 1.29 is 0 Å². The Labute approximate surface area is 154 Å². The fourth-order valence-electron chi connectivity index (χ4n) is 3.35. The molecule has 0 unspecified atom stereocenters. The minimum absolute atomic E-state index is 1.17. The smallest absolute Gasteiger partial charge is 0.0169 e. The van der Waals surface area contributed by atoms with E-state index in [9.17, 15) is 0 Å². The Morgan fingerprint density at radius 1 is 0.542 bits per heavy atom. The molecule has 0 spiro atoms. The summed E-state index contributed by atoms with van der Waals surface area (Å²) in [5.74, 6) is 0. The maximum Gasteiger partial charge on any atom is 0.0169 e. The highest BCUT2D eigenvalue weighted by Crippen LogP contribution is 2.14. The monoisotopic (exact) mass is 337 g/mol. The van der Waals surface area contributed by atoms with Gasteiger partial charge in [-0.1, -0.05) is 123 Å². The number of rotatable bonds is 20. The molecule has 0 amide bonds. The van der Waals surface area contributed by atoms with Crippen molar-refractivity contribution in [2.24, 2.45) is 0 Å². The maximum atomic E-state index is 3.78. The Bertz CT molecular complexity index is 236. The molecule has 0 radical (unpaired) electrons. The summed E-state index contributed by atoms with van der Waals surface area (Å²) in [6.07, 6.45) is 28.0. The van der Waals surface area contributed by atoms with Gasteiger partial charge in [0.25, 0.3) is 0 Å². The molecule has 0 aliphatic heterocycles. The van der Waals surface area contributed by atoms with Gasteiger partial charge in [0.05, 0.1) is 0 Å². The first-order chi connectivity index (χ1) is 11.8. The van der Waals surface area contributed by atoms with Crippen LogP contribution >= 0.6 is 0 Å². The first kappa shape index (κ1) is 23.5. The molecule has 0 saturated carbocycles. The van der Waals surface area contributed by atoms with E-state index in [0.717, 1.165) is 0 Å². The zero-order valence-corrected chi connectivity index (χ0v) is 17.2. The maximum absolute atomic E-state index is 3.78. The Hall–Kier alpha value is -0.460. The molecule has 0 bridgehead atoms. The van der Waals surface area contributed by atoms with E-state index in [2.05, 4.69) is 25.5 Å². The van der Waals surface area contributed by atoms with Crippen molar-refractivity contribution >= 4 is 0 Å². The Balaban J connectivity index is 2.99. The SMILES string of the molecule is C=CN(C)CCCCCCCCCCCCCCCCCCCC. The lowest BCUT2D eigenvalue weighted by molar-refractivity contribution is 0.429. The van der Waals surface area contributed by atoms with Gasteiger partial charge in [-0.3, -0.25) is 0 Å². The fourth-order valence-corrected chi connectivity index (χ4v) is 3.35. The van der Waals surface area contributed by atoms with Crippen LogP contribution in [0.3, 0.4) is 0 Å². The molecule has 1 nitrogen and oxygen atoms in total. The molecule has 0 rings (SSSR count). The predicted octanol–water partition coefficient (Wildman–Crippen LogP) is 8.10. The minimum atomic E-state index is 1.17. The van der Waals surface area contributed by atoms with Gasteiger partial charge < -0.3 is 4.90 Å². The standard InChI is InChI=1S/C23H47N/c1-4-6-7-8-9-10-11-12-13-14-15-16-17-18-19-20-21-22-23-24(3)5-2/h5H,2,4,6-23H2,1,3H3. The number of unbranched alkanes of at least 4 members (excludes halogenated alkanes) is 17. The summed E-state index contributed by atoms with van der Waals surface area (Å²) >= 11 is 0. The van der Waals surface area contributed by atoms with Crippen molar-refractivity contribution in [3.63, 3.8) is 0 Å². The first-order valence-electron chi connectivity index (χ1n) is 11.1. The van der Waals surface area contributed by atoms with Crippen LogP contribution in [0.15, 0.2) is 12.8 Å². The second-order valence-electron chi connectivity index (χ2n) is 7.67. The van der Waals surface area contributed by atoms with Gasteiger partial charge in [-0.25, -0.2) is 0 Å². The molecule has 0 aromatic heterocycles. The lowest BCUT2D eigenvalue weighted by Crippen LogP contribution is -2.11. The third kappa shape index (κ3) is 19.6. The van der Waals surface area contributed by atoms with E-state index in [-0.39, 0.29) is 0 Å². The normalized spacial score (nSPS) is 10.9. The van der Waals surface area contributed by atoms with Gasteiger partial charge in [-0.2, -0.15) is 0 Å². The molecule has 0 fully saturated rings. The van der Waals surface area contributed by atoms with Crippen LogP contribution in [-0.4, -0.2) is 18.5 Å². The number of hydrogen-bond acceptors (Lipinski definition) is 1. The lowest BCUT2D eigenvalue weighted by Gasteiger charge is -2.12. The summed E-state index contributed by atoms with van der Waals surface area (Å²) in [4.78, 5) is 2.19. The summed E-state index contributed by atoms with van der Waals surface area (Å²) in [5.41, 5.74) is 0. The van der Waals surface area contributed by atoms with Crippen molar-refractivity contribution in [2.75, 3.05) is 13.6 Å². The molecule has 144 valence electrons. The highest BCUT2D eigenvalue weighted by Gasteiger charge is 1.95. The van der Waals surface area contributed by atoms with Gasteiger partial charge in [0.1, 0.15) is 0 Å². The van der Waals surface area contributed by atoms with Gasteiger partial charge >= 0.3 is 0 Å². The van der Waals surface area contributed by atoms with Crippen LogP contribution in [-0.2, 0) is 0 Å². The van der Waals surface area contributed by atoms with Crippen molar-refractivity contribution in [1.82, 2.24) is 4.90 Å². The third-order valence-electron chi connectivity index (χ3n) is 5.18. The molecule has 0 heterocycles. The number of nitrogens with zero attached hydrogens (tertiary/aromatic N) is 1. The quantitative estimate of drug-likeness (QED) is 0.203. The summed E-state index contributed by atoms with van der Waals surface area (Å²) in [7, 11) is 2.11. The van der Waals surface area contributed by atoms with E-state index in [4.69, 9.17) is 0 Å². The van der Waals surface area contributed by atoms with Crippen LogP contribution in [0.25, 0.3) is 0 Å².